The lowest BCUT2D eigenvalue weighted by Gasteiger charge is -2.14. The number of nitrogens with zero attached hydrogens (tertiary/aromatic N) is 1. The van der Waals surface area contributed by atoms with Crippen molar-refractivity contribution in [3.8, 4) is 0 Å². The molecule has 0 bridgehead atoms. The molecule has 4 heteroatoms. The highest BCUT2D eigenvalue weighted by molar-refractivity contribution is 6.42. The van der Waals surface area contributed by atoms with Gasteiger partial charge in [0.05, 0.1) is 10.0 Å². The first-order valence-corrected chi connectivity index (χ1v) is 6.22. The zero-order chi connectivity index (χ0) is 12.0. The highest BCUT2D eigenvalue weighted by atomic mass is 35.5. The van der Waals surface area contributed by atoms with E-state index in [0.29, 0.717) is 10.0 Å². The van der Waals surface area contributed by atoms with Crippen molar-refractivity contribution in [1.82, 2.24) is 10.2 Å². The summed E-state index contributed by atoms with van der Waals surface area (Å²) < 4.78 is 0. The van der Waals surface area contributed by atoms with Gasteiger partial charge in [-0.15, -0.1) is 0 Å². The van der Waals surface area contributed by atoms with Gasteiger partial charge in [-0.25, -0.2) is 0 Å². The molecule has 0 aliphatic rings. The molecule has 1 aromatic carbocycles. The fourth-order valence-electron chi connectivity index (χ4n) is 1.31. The zero-order valence-corrected chi connectivity index (χ0v) is 11.3. The Kier molecular flexibility index (Phi) is 6.14. The average molecular weight is 261 g/mol. The van der Waals surface area contributed by atoms with Gasteiger partial charge < -0.3 is 10.2 Å². The second-order valence-electron chi connectivity index (χ2n) is 3.82. The minimum Gasteiger partial charge on any atom is -0.311 e. The molecule has 0 saturated carbocycles. The Labute approximate surface area is 108 Å². The molecule has 0 aliphatic heterocycles. The predicted octanol–water partition coefficient (Wildman–Crippen LogP) is 3.03. The second kappa shape index (κ2) is 7.13. The van der Waals surface area contributed by atoms with Gasteiger partial charge in [-0.1, -0.05) is 36.2 Å². The molecule has 16 heavy (non-hydrogen) atoms. The highest BCUT2D eigenvalue weighted by Crippen LogP contribution is 2.22. The molecule has 0 heterocycles. The number of likely N-dealkylation sites (N-methyl/N-ethyl adjacent to an activating group) is 1. The maximum Gasteiger partial charge on any atom is 0.0595 e. The van der Waals surface area contributed by atoms with Crippen LogP contribution in [-0.4, -0.2) is 31.6 Å². The summed E-state index contributed by atoms with van der Waals surface area (Å²) in [6.45, 7) is 6.09. The maximum absolute atomic E-state index is 5.93. The van der Waals surface area contributed by atoms with E-state index in [9.17, 15) is 0 Å². The van der Waals surface area contributed by atoms with E-state index in [1.54, 1.807) is 0 Å². The van der Waals surface area contributed by atoms with Gasteiger partial charge in [0.15, 0.2) is 0 Å². The van der Waals surface area contributed by atoms with E-state index < -0.39 is 0 Å². The Balaban J connectivity index is 2.29. The largest absolute Gasteiger partial charge is 0.311 e. The summed E-state index contributed by atoms with van der Waals surface area (Å²) in [5, 5.41) is 4.59. The molecule has 0 aromatic heterocycles. The fraction of sp³-hybridized carbons (Fsp3) is 0.500. The summed E-state index contributed by atoms with van der Waals surface area (Å²) in [4.78, 5) is 2.27. The quantitative estimate of drug-likeness (QED) is 0.792. The third kappa shape index (κ3) is 4.71. The third-order valence-electron chi connectivity index (χ3n) is 2.52. The minimum atomic E-state index is 0.608. The van der Waals surface area contributed by atoms with Crippen LogP contribution in [0.3, 0.4) is 0 Å². The molecule has 0 fully saturated rings. The molecule has 1 N–H and O–H groups in total. The maximum atomic E-state index is 5.93. The number of nitrogens with one attached hydrogen (secondary N) is 1. The van der Waals surface area contributed by atoms with Gasteiger partial charge in [0.2, 0.25) is 0 Å². The van der Waals surface area contributed by atoms with E-state index in [1.807, 2.05) is 18.2 Å². The van der Waals surface area contributed by atoms with Gasteiger partial charge in [-0.2, -0.15) is 0 Å². The van der Waals surface area contributed by atoms with Crippen molar-refractivity contribution in [1.29, 1.82) is 0 Å². The zero-order valence-electron chi connectivity index (χ0n) is 9.76. The standard InChI is InChI=1S/C12H18Cl2N2/c1-3-16(2)7-6-15-9-10-4-5-11(13)12(14)8-10/h4-5,8,15H,3,6-7,9H2,1-2H3. The number of benzene rings is 1. The van der Waals surface area contributed by atoms with Crippen molar-refractivity contribution in [2.75, 3.05) is 26.7 Å². The molecular weight excluding hydrogens is 243 g/mol. The minimum absolute atomic E-state index is 0.608. The van der Waals surface area contributed by atoms with Crippen LogP contribution in [0.15, 0.2) is 18.2 Å². The van der Waals surface area contributed by atoms with Crippen molar-refractivity contribution in [3.05, 3.63) is 33.8 Å². The van der Waals surface area contributed by atoms with Gasteiger partial charge >= 0.3 is 0 Å². The highest BCUT2D eigenvalue weighted by Gasteiger charge is 1.99. The van der Waals surface area contributed by atoms with Crippen LogP contribution in [0.1, 0.15) is 12.5 Å². The van der Waals surface area contributed by atoms with Gasteiger partial charge in [-0.3, -0.25) is 0 Å². The molecule has 0 spiro atoms. The van der Waals surface area contributed by atoms with E-state index in [4.69, 9.17) is 23.2 Å². The Hall–Kier alpha value is -0.280. The first kappa shape index (κ1) is 13.8. The van der Waals surface area contributed by atoms with Crippen molar-refractivity contribution in [3.63, 3.8) is 0 Å². The topological polar surface area (TPSA) is 15.3 Å². The van der Waals surface area contributed by atoms with Crippen molar-refractivity contribution < 1.29 is 0 Å². The smallest absolute Gasteiger partial charge is 0.0595 e. The number of rotatable bonds is 6. The Bertz CT molecular complexity index is 329. The normalized spacial score (nSPS) is 11.1. The monoisotopic (exact) mass is 260 g/mol. The molecule has 1 aromatic rings. The molecule has 0 unspecified atom stereocenters. The third-order valence-corrected chi connectivity index (χ3v) is 3.26. The van der Waals surface area contributed by atoms with Crippen molar-refractivity contribution in [2.45, 2.75) is 13.5 Å². The molecule has 1 rings (SSSR count). The van der Waals surface area contributed by atoms with Crippen LogP contribution in [0.4, 0.5) is 0 Å². The van der Waals surface area contributed by atoms with Gasteiger partial charge in [0.25, 0.3) is 0 Å². The SMILES string of the molecule is CCN(C)CCNCc1ccc(Cl)c(Cl)c1. The van der Waals surface area contributed by atoms with Crippen LogP contribution in [-0.2, 0) is 6.54 Å². The van der Waals surface area contributed by atoms with E-state index in [2.05, 4.69) is 24.2 Å². The molecule has 0 atom stereocenters. The van der Waals surface area contributed by atoms with Gasteiger partial charge in [0, 0.05) is 19.6 Å². The lowest BCUT2D eigenvalue weighted by atomic mass is 10.2. The van der Waals surface area contributed by atoms with Crippen LogP contribution >= 0.6 is 23.2 Å². The summed E-state index contributed by atoms with van der Waals surface area (Å²) in [6, 6.07) is 5.73. The molecule has 0 saturated heterocycles. The van der Waals surface area contributed by atoms with E-state index in [0.717, 1.165) is 31.7 Å². The summed E-state index contributed by atoms with van der Waals surface area (Å²) in [6.07, 6.45) is 0. The number of hydrogen-bond acceptors (Lipinski definition) is 2. The number of halogens is 2. The first-order chi connectivity index (χ1) is 7.63. The second-order valence-corrected chi connectivity index (χ2v) is 4.64. The molecule has 0 radical (unpaired) electrons. The Morgan fingerprint density at radius 3 is 2.62 bits per heavy atom. The summed E-state index contributed by atoms with van der Waals surface area (Å²) in [7, 11) is 2.11. The average Bonchev–Trinajstić information content (AvgIpc) is 2.28. The molecule has 2 nitrogen and oxygen atoms in total. The predicted molar refractivity (Wildman–Crippen MR) is 71.3 cm³/mol. The van der Waals surface area contributed by atoms with E-state index >= 15 is 0 Å². The fourth-order valence-corrected chi connectivity index (χ4v) is 1.63. The van der Waals surface area contributed by atoms with Crippen LogP contribution in [0, 0.1) is 0 Å². The van der Waals surface area contributed by atoms with Gasteiger partial charge in [-0.05, 0) is 31.3 Å². The lowest BCUT2D eigenvalue weighted by Crippen LogP contribution is -2.28. The van der Waals surface area contributed by atoms with E-state index in [1.165, 1.54) is 0 Å². The molecular formula is C12H18Cl2N2. The van der Waals surface area contributed by atoms with Gasteiger partial charge in [0.1, 0.15) is 0 Å². The van der Waals surface area contributed by atoms with Crippen LogP contribution in [0.25, 0.3) is 0 Å². The van der Waals surface area contributed by atoms with Crippen LogP contribution in [0.5, 0.6) is 0 Å². The molecule has 0 amide bonds. The first-order valence-electron chi connectivity index (χ1n) is 5.46. The Morgan fingerprint density at radius 2 is 2.00 bits per heavy atom. The summed E-state index contributed by atoms with van der Waals surface area (Å²) >= 11 is 11.8. The van der Waals surface area contributed by atoms with E-state index in [-0.39, 0.29) is 0 Å². The van der Waals surface area contributed by atoms with Crippen molar-refractivity contribution >= 4 is 23.2 Å². The summed E-state index contributed by atoms with van der Waals surface area (Å²) in [5.41, 5.74) is 1.16. The Morgan fingerprint density at radius 1 is 1.25 bits per heavy atom. The summed E-state index contributed by atoms with van der Waals surface area (Å²) in [5.74, 6) is 0. The van der Waals surface area contributed by atoms with Crippen LogP contribution < -0.4 is 5.32 Å². The van der Waals surface area contributed by atoms with Crippen molar-refractivity contribution in [2.24, 2.45) is 0 Å². The molecule has 90 valence electrons. The lowest BCUT2D eigenvalue weighted by molar-refractivity contribution is 0.349. The number of hydrogen-bond donors (Lipinski definition) is 1. The van der Waals surface area contributed by atoms with Crippen LogP contribution in [0.2, 0.25) is 10.0 Å². The molecule has 0 aliphatic carbocycles.